The van der Waals surface area contributed by atoms with Crippen molar-refractivity contribution in [2.45, 2.75) is 31.8 Å². The smallest absolute Gasteiger partial charge is 0.322 e. The average Bonchev–Trinajstić information content (AvgIpc) is 3.14. The minimum atomic E-state index is -0.136. The average molecular weight is 560 g/mol. The zero-order valence-electron chi connectivity index (χ0n) is 24.3. The summed E-state index contributed by atoms with van der Waals surface area (Å²) in [6.45, 7) is 8.41. The van der Waals surface area contributed by atoms with Crippen LogP contribution in [0.4, 0.5) is 16.2 Å². The molecule has 10 nitrogen and oxygen atoms in total. The topological polar surface area (TPSA) is 106 Å². The number of methoxy groups -OCH3 is 1. The molecule has 11 heteroatoms. The summed E-state index contributed by atoms with van der Waals surface area (Å²) in [5.41, 5.74) is 10.7. The van der Waals surface area contributed by atoms with Gasteiger partial charge in [0, 0.05) is 88.4 Å². The van der Waals surface area contributed by atoms with Crippen LogP contribution in [0.15, 0.2) is 30.3 Å². The van der Waals surface area contributed by atoms with Crippen LogP contribution in [-0.4, -0.2) is 118 Å². The van der Waals surface area contributed by atoms with E-state index in [1.807, 2.05) is 29.2 Å². The van der Waals surface area contributed by atoms with E-state index >= 15 is 0 Å². The molecule has 2 aromatic carbocycles. The van der Waals surface area contributed by atoms with Gasteiger partial charge in [0.1, 0.15) is 13.6 Å². The van der Waals surface area contributed by atoms with E-state index in [1.165, 1.54) is 0 Å². The minimum absolute atomic E-state index is 0.0330. The van der Waals surface area contributed by atoms with Crippen molar-refractivity contribution in [3.63, 3.8) is 0 Å². The number of nitrogens with two attached hydrogens (primary N) is 1. The number of nitrogens with zero attached hydrogens (tertiary/aromatic N) is 4. The van der Waals surface area contributed by atoms with Gasteiger partial charge in [0.2, 0.25) is 0 Å². The Morgan fingerprint density at radius 1 is 1.07 bits per heavy atom. The predicted octanol–water partition coefficient (Wildman–Crippen LogP) is 1.10. The lowest BCUT2D eigenvalue weighted by Gasteiger charge is -2.38. The highest BCUT2D eigenvalue weighted by Crippen LogP contribution is 2.27. The van der Waals surface area contributed by atoms with Gasteiger partial charge in [0.15, 0.2) is 0 Å². The molecule has 0 aromatic heterocycles. The molecule has 0 saturated carbocycles. The molecular weight excluding hydrogens is 517 g/mol. The number of fused-ring (bicyclic) bond motifs is 1. The lowest BCUT2D eigenvalue weighted by molar-refractivity contribution is 0.0937. The standard InChI is InChI=1S/C30H42BN7O3/c1-35-13-15-37(16-14-35)20-23-17-22(19-26(31)28(23)32)29(39)33-8-12-36-9-6-24(7-10-36)38-11-5-21-18-25(41-2)3-4-27(21)34-30(38)40/h3-4,17-19,24H,5-16,20,32H2,1-2H3,(H,33,39)(H,34,40). The van der Waals surface area contributed by atoms with Crippen LogP contribution in [-0.2, 0) is 13.0 Å². The van der Waals surface area contributed by atoms with Crippen molar-refractivity contribution in [3.05, 3.63) is 47.0 Å². The predicted molar refractivity (Wildman–Crippen MR) is 163 cm³/mol. The van der Waals surface area contributed by atoms with Crippen LogP contribution in [0.25, 0.3) is 0 Å². The second kappa shape index (κ2) is 13.1. The molecule has 0 aliphatic carbocycles. The molecule has 3 amide bonds. The maximum atomic E-state index is 13.0. The zero-order chi connectivity index (χ0) is 28.9. The summed E-state index contributed by atoms with van der Waals surface area (Å²) in [7, 11) is 9.97. The fourth-order valence-electron chi connectivity index (χ4n) is 6.03. The van der Waals surface area contributed by atoms with Crippen molar-refractivity contribution in [1.29, 1.82) is 0 Å². The number of carbonyl (C=O) groups is 2. The first-order valence-corrected chi connectivity index (χ1v) is 14.6. The SMILES string of the molecule is [B]c1cc(C(=O)NCCN2CCC(N3CCc4cc(OC)ccc4NC3=O)CC2)cc(CN2CCN(C)CC2)c1N. The largest absolute Gasteiger partial charge is 0.497 e. The highest BCUT2D eigenvalue weighted by Gasteiger charge is 2.30. The quantitative estimate of drug-likeness (QED) is 0.329. The van der Waals surface area contributed by atoms with Crippen LogP contribution < -0.4 is 26.6 Å². The van der Waals surface area contributed by atoms with Gasteiger partial charge in [-0.25, -0.2) is 4.79 Å². The zero-order valence-corrected chi connectivity index (χ0v) is 24.3. The van der Waals surface area contributed by atoms with Crippen LogP contribution in [0.1, 0.15) is 34.3 Å². The number of rotatable bonds is 8. The Bertz CT molecular complexity index is 1240. The van der Waals surface area contributed by atoms with Gasteiger partial charge in [-0.05, 0) is 61.7 Å². The number of hydrogen-bond acceptors (Lipinski definition) is 7. The molecule has 218 valence electrons. The van der Waals surface area contributed by atoms with Crippen molar-refractivity contribution in [3.8, 4) is 5.75 Å². The monoisotopic (exact) mass is 559 g/mol. The molecule has 2 saturated heterocycles. The lowest BCUT2D eigenvalue weighted by atomic mass is 9.89. The summed E-state index contributed by atoms with van der Waals surface area (Å²) < 4.78 is 5.35. The fourth-order valence-corrected chi connectivity index (χ4v) is 6.03. The number of benzene rings is 2. The molecule has 41 heavy (non-hydrogen) atoms. The summed E-state index contributed by atoms with van der Waals surface area (Å²) in [5, 5.41) is 6.14. The number of likely N-dealkylation sites (tertiary alicyclic amines) is 1. The van der Waals surface area contributed by atoms with Gasteiger partial charge in [0.05, 0.1) is 7.11 Å². The first kappa shape index (κ1) is 29.2. The Balaban J connectivity index is 1.08. The number of anilines is 2. The molecule has 3 heterocycles. The van der Waals surface area contributed by atoms with Crippen molar-refractivity contribution >= 4 is 36.6 Å². The lowest BCUT2D eigenvalue weighted by Crippen LogP contribution is -2.49. The van der Waals surface area contributed by atoms with Crippen LogP contribution in [0.5, 0.6) is 5.75 Å². The molecule has 0 spiro atoms. The molecule has 3 aliphatic rings. The Morgan fingerprint density at radius 3 is 2.56 bits per heavy atom. The summed E-state index contributed by atoms with van der Waals surface area (Å²) in [4.78, 5) is 35.0. The number of amides is 3. The Morgan fingerprint density at radius 2 is 1.83 bits per heavy atom. The van der Waals surface area contributed by atoms with E-state index in [2.05, 4.69) is 32.4 Å². The molecule has 0 unspecified atom stereocenters. The summed E-state index contributed by atoms with van der Waals surface area (Å²) >= 11 is 0. The third-order valence-corrected chi connectivity index (χ3v) is 8.70. The van der Waals surface area contributed by atoms with Crippen molar-refractivity contribution in [2.24, 2.45) is 0 Å². The second-order valence-corrected chi connectivity index (χ2v) is 11.4. The van der Waals surface area contributed by atoms with E-state index in [4.69, 9.17) is 18.3 Å². The number of likely N-dealkylation sites (N-methyl/N-ethyl adjacent to an activating group) is 1. The number of urea groups is 1. The molecule has 0 bridgehead atoms. The first-order valence-electron chi connectivity index (χ1n) is 14.6. The van der Waals surface area contributed by atoms with E-state index in [-0.39, 0.29) is 18.0 Å². The Kier molecular flexibility index (Phi) is 9.37. The van der Waals surface area contributed by atoms with Crippen molar-refractivity contribution in [2.75, 3.05) is 84.1 Å². The van der Waals surface area contributed by atoms with E-state index in [0.717, 1.165) is 87.6 Å². The molecule has 2 fully saturated rings. The van der Waals surface area contributed by atoms with Gasteiger partial charge >= 0.3 is 6.03 Å². The van der Waals surface area contributed by atoms with Gasteiger partial charge in [-0.15, -0.1) is 0 Å². The van der Waals surface area contributed by atoms with Gasteiger partial charge in [-0.1, -0.05) is 11.5 Å². The molecule has 2 radical (unpaired) electrons. The summed E-state index contributed by atoms with van der Waals surface area (Å²) in [5.74, 6) is 0.668. The Labute approximate surface area is 244 Å². The third-order valence-electron chi connectivity index (χ3n) is 8.70. The van der Waals surface area contributed by atoms with Gasteiger partial charge in [-0.2, -0.15) is 0 Å². The molecule has 4 N–H and O–H groups in total. The molecule has 2 aromatic rings. The molecular formula is C30H42BN7O3. The van der Waals surface area contributed by atoms with Crippen LogP contribution in [0, 0.1) is 0 Å². The molecule has 5 rings (SSSR count). The number of piperidine rings is 1. The van der Waals surface area contributed by atoms with Gasteiger partial charge < -0.3 is 35.8 Å². The fraction of sp³-hybridized carbons (Fsp3) is 0.533. The number of carbonyl (C=O) groups excluding carboxylic acids is 2. The number of nitrogen functional groups attached to an aromatic ring is 1. The van der Waals surface area contributed by atoms with Crippen LogP contribution in [0.2, 0.25) is 0 Å². The highest BCUT2D eigenvalue weighted by molar-refractivity contribution is 6.36. The Hall–Kier alpha value is -3.28. The van der Waals surface area contributed by atoms with E-state index in [9.17, 15) is 9.59 Å². The van der Waals surface area contributed by atoms with Crippen molar-refractivity contribution < 1.29 is 14.3 Å². The normalized spacial score (nSPS) is 19.4. The first-order chi connectivity index (χ1) is 19.8. The second-order valence-electron chi connectivity index (χ2n) is 11.4. The number of hydrogen-bond donors (Lipinski definition) is 3. The summed E-state index contributed by atoms with van der Waals surface area (Å²) in [6, 6.07) is 9.52. The third kappa shape index (κ3) is 7.15. The number of nitrogens with one attached hydrogen (secondary N) is 2. The number of piperazine rings is 1. The maximum absolute atomic E-state index is 13.0. The minimum Gasteiger partial charge on any atom is -0.497 e. The van der Waals surface area contributed by atoms with Crippen LogP contribution in [0.3, 0.4) is 0 Å². The van der Waals surface area contributed by atoms with Crippen LogP contribution >= 0.6 is 0 Å². The van der Waals surface area contributed by atoms with E-state index in [1.54, 1.807) is 13.2 Å². The van der Waals surface area contributed by atoms with E-state index < -0.39 is 0 Å². The van der Waals surface area contributed by atoms with Gasteiger partial charge in [-0.3, -0.25) is 9.69 Å². The molecule has 3 aliphatic heterocycles. The maximum Gasteiger partial charge on any atom is 0.322 e. The van der Waals surface area contributed by atoms with Crippen molar-refractivity contribution in [1.82, 2.24) is 24.9 Å². The number of ether oxygens (including phenoxy) is 1. The summed E-state index contributed by atoms with van der Waals surface area (Å²) in [6.07, 6.45) is 2.61. The van der Waals surface area contributed by atoms with E-state index in [0.29, 0.717) is 36.3 Å². The highest BCUT2D eigenvalue weighted by atomic mass is 16.5. The molecule has 0 atom stereocenters. The van der Waals surface area contributed by atoms with Gasteiger partial charge in [0.25, 0.3) is 5.91 Å².